The molecule has 2 aliphatic heterocycles. The standard InChI is InChI=1S/C34H54ClN5O/c1-3-4-5-6-7-8-9-10-11-12-13-14-15-16-17-18-19-23-32(41)36-30-26-24-29(25-27-30)21-20-22-31-37-38-34-33(35)28(2)39-40(31)34/h18-19,24-27,33-34,38H,3-17,20-23H2,1-2H3,(H,36,41)/b19-18+. The van der Waals surface area contributed by atoms with Crippen molar-refractivity contribution in [2.45, 2.75) is 147 Å². The lowest BCUT2D eigenvalue weighted by molar-refractivity contribution is -0.115. The van der Waals surface area contributed by atoms with E-state index in [4.69, 9.17) is 11.6 Å². The highest BCUT2D eigenvalue weighted by molar-refractivity contribution is 6.33. The molecule has 0 bridgehead atoms. The number of alkyl halides is 1. The zero-order valence-electron chi connectivity index (χ0n) is 25.7. The minimum atomic E-state index is -0.136. The first-order valence-electron chi connectivity index (χ1n) is 16.4. The van der Waals surface area contributed by atoms with Crippen LogP contribution in [0.2, 0.25) is 0 Å². The van der Waals surface area contributed by atoms with Crippen LogP contribution in [0.3, 0.4) is 0 Å². The molecule has 2 aliphatic rings. The molecule has 2 atom stereocenters. The Kier molecular flexibility index (Phi) is 16.0. The van der Waals surface area contributed by atoms with E-state index in [0.29, 0.717) is 6.42 Å². The normalized spacial score (nSPS) is 18.0. The fraction of sp³-hybridized carbons (Fsp3) is 0.676. The van der Waals surface area contributed by atoms with Gasteiger partial charge in [0.2, 0.25) is 5.91 Å². The first-order valence-corrected chi connectivity index (χ1v) is 16.9. The summed E-state index contributed by atoms with van der Waals surface area (Å²) in [5, 5.41) is 13.7. The number of rotatable bonds is 22. The van der Waals surface area contributed by atoms with Gasteiger partial charge in [0, 0.05) is 18.5 Å². The van der Waals surface area contributed by atoms with Crippen LogP contribution in [0.25, 0.3) is 0 Å². The van der Waals surface area contributed by atoms with Gasteiger partial charge >= 0.3 is 0 Å². The van der Waals surface area contributed by atoms with E-state index in [0.717, 1.165) is 42.9 Å². The monoisotopic (exact) mass is 583 g/mol. The number of hydrogen-bond acceptors (Lipinski definition) is 5. The van der Waals surface area contributed by atoms with E-state index in [1.54, 1.807) is 0 Å². The minimum absolute atomic E-state index is 0.0373. The Morgan fingerprint density at radius 3 is 2.12 bits per heavy atom. The number of carbonyl (C=O) groups excluding carboxylic acids is 1. The average Bonchev–Trinajstić information content (AvgIpc) is 3.49. The van der Waals surface area contributed by atoms with Crippen LogP contribution >= 0.6 is 11.6 Å². The van der Waals surface area contributed by atoms with Crippen molar-refractivity contribution in [2.75, 3.05) is 5.32 Å². The van der Waals surface area contributed by atoms with Crippen molar-refractivity contribution in [3.05, 3.63) is 42.0 Å². The largest absolute Gasteiger partial charge is 0.326 e. The Morgan fingerprint density at radius 1 is 0.878 bits per heavy atom. The molecule has 2 unspecified atom stereocenters. The van der Waals surface area contributed by atoms with Gasteiger partial charge in [-0.25, -0.2) is 5.01 Å². The second-order valence-corrected chi connectivity index (χ2v) is 12.2. The van der Waals surface area contributed by atoms with Crippen LogP contribution in [0.5, 0.6) is 0 Å². The molecule has 1 amide bonds. The molecule has 2 N–H and O–H groups in total. The van der Waals surface area contributed by atoms with Gasteiger partial charge in [-0.2, -0.15) is 10.2 Å². The van der Waals surface area contributed by atoms with Gasteiger partial charge < -0.3 is 5.32 Å². The summed E-state index contributed by atoms with van der Waals surface area (Å²) in [7, 11) is 0. The van der Waals surface area contributed by atoms with E-state index in [2.05, 4.69) is 46.1 Å². The highest BCUT2D eigenvalue weighted by Gasteiger charge is 2.39. The molecule has 0 saturated carbocycles. The number of nitrogens with zero attached hydrogens (tertiary/aromatic N) is 3. The summed E-state index contributed by atoms with van der Waals surface area (Å²) in [6, 6.07) is 8.15. The number of unbranched alkanes of at least 4 members (excludes halogenated alkanes) is 14. The predicted molar refractivity (Wildman–Crippen MR) is 176 cm³/mol. The average molecular weight is 584 g/mol. The lowest BCUT2D eigenvalue weighted by Crippen LogP contribution is -2.39. The number of benzene rings is 1. The van der Waals surface area contributed by atoms with Gasteiger partial charge in [-0.05, 0) is 50.3 Å². The molecule has 0 radical (unpaired) electrons. The summed E-state index contributed by atoms with van der Waals surface area (Å²) in [5.74, 6) is 0.981. The number of anilines is 1. The van der Waals surface area contributed by atoms with E-state index in [-0.39, 0.29) is 17.5 Å². The lowest BCUT2D eigenvalue weighted by atomic mass is 10.0. The van der Waals surface area contributed by atoms with Gasteiger partial charge in [0.05, 0.1) is 5.71 Å². The number of nitrogens with one attached hydrogen (secondary N) is 2. The topological polar surface area (TPSA) is 69.1 Å². The van der Waals surface area contributed by atoms with Crippen LogP contribution in [0, 0.1) is 0 Å². The minimum Gasteiger partial charge on any atom is -0.326 e. The highest BCUT2D eigenvalue weighted by Crippen LogP contribution is 2.25. The molecule has 0 spiro atoms. The number of hydrazone groups is 2. The predicted octanol–water partition coefficient (Wildman–Crippen LogP) is 9.31. The van der Waals surface area contributed by atoms with E-state index >= 15 is 0 Å². The molecule has 2 heterocycles. The van der Waals surface area contributed by atoms with E-state index in [9.17, 15) is 4.79 Å². The summed E-state index contributed by atoms with van der Waals surface area (Å²) < 4.78 is 0. The number of carbonyl (C=O) groups is 1. The van der Waals surface area contributed by atoms with Crippen molar-refractivity contribution < 1.29 is 4.79 Å². The number of halogens is 1. The van der Waals surface area contributed by atoms with Gasteiger partial charge in [0.15, 0.2) is 6.17 Å². The SMILES string of the molecule is CCCCCCCCCCCCCCCC/C=C/CC(=O)Nc1ccc(CCCC2=NNC3C(Cl)C(C)=NN23)cc1. The summed E-state index contributed by atoms with van der Waals surface area (Å²) in [6.07, 6.45) is 27.7. The maximum Gasteiger partial charge on any atom is 0.228 e. The molecule has 6 nitrogen and oxygen atoms in total. The number of allylic oxidation sites excluding steroid dienone is 1. The first kappa shape index (κ1) is 33.2. The molecular formula is C34H54ClN5O. The Balaban J connectivity index is 1.14. The van der Waals surface area contributed by atoms with Gasteiger partial charge in [-0.3, -0.25) is 10.2 Å². The fourth-order valence-corrected chi connectivity index (χ4v) is 5.73. The summed E-state index contributed by atoms with van der Waals surface area (Å²) in [4.78, 5) is 12.3. The van der Waals surface area contributed by atoms with Crippen molar-refractivity contribution in [3.63, 3.8) is 0 Å². The smallest absolute Gasteiger partial charge is 0.228 e. The molecule has 1 aromatic carbocycles. The maximum absolute atomic E-state index is 12.3. The molecule has 0 aliphatic carbocycles. The number of amidine groups is 1. The van der Waals surface area contributed by atoms with Crippen LogP contribution in [0.4, 0.5) is 5.69 Å². The zero-order chi connectivity index (χ0) is 29.1. The van der Waals surface area contributed by atoms with Gasteiger partial charge in [-0.1, -0.05) is 115 Å². The number of fused-ring (bicyclic) bond motifs is 1. The highest BCUT2D eigenvalue weighted by atomic mass is 35.5. The Morgan fingerprint density at radius 2 is 1.49 bits per heavy atom. The first-order chi connectivity index (χ1) is 20.1. The molecule has 1 aromatic rings. The third-order valence-corrected chi connectivity index (χ3v) is 8.65. The van der Waals surface area contributed by atoms with E-state index in [1.807, 2.05) is 30.1 Å². The Bertz CT molecular complexity index is 974. The van der Waals surface area contributed by atoms with E-state index in [1.165, 1.54) is 95.5 Å². The lowest BCUT2D eigenvalue weighted by Gasteiger charge is -2.16. The molecule has 41 heavy (non-hydrogen) atoms. The third kappa shape index (κ3) is 12.6. The Labute approximate surface area is 254 Å². The second-order valence-electron chi connectivity index (χ2n) is 11.7. The molecule has 0 saturated heterocycles. The van der Waals surface area contributed by atoms with Crippen LogP contribution in [-0.2, 0) is 11.2 Å². The summed E-state index contributed by atoms with van der Waals surface area (Å²) in [5.41, 5.74) is 6.11. The second kappa shape index (κ2) is 19.7. The van der Waals surface area contributed by atoms with Crippen molar-refractivity contribution in [1.82, 2.24) is 10.4 Å². The van der Waals surface area contributed by atoms with Crippen LogP contribution in [0.1, 0.15) is 135 Å². The molecular weight excluding hydrogens is 530 g/mol. The van der Waals surface area contributed by atoms with Gasteiger partial charge in [0.25, 0.3) is 0 Å². The molecule has 0 aromatic heterocycles. The summed E-state index contributed by atoms with van der Waals surface area (Å²) >= 11 is 6.36. The molecule has 3 rings (SSSR count). The van der Waals surface area contributed by atoms with Crippen LogP contribution in [0.15, 0.2) is 46.6 Å². The molecule has 7 heteroatoms. The number of aryl methyl sites for hydroxylation is 1. The van der Waals surface area contributed by atoms with Crippen molar-refractivity contribution in [1.29, 1.82) is 0 Å². The van der Waals surface area contributed by atoms with Gasteiger partial charge in [-0.15, -0.1) is 11.6 Å². The maximum atomic E-state index is 12.3. The van der Waals surface area contributed by atoms with Gasteiger partial charge in [0.1, 0.15) is 11.2 Å². The third-order valence-electron chi connectivity index (χ3n) is 8.09. The van der Waals surface area contributed by atoms with Crippen LogP contribution < -0.4 is 10.7 Å². The number of amides is 1. The molecule has 0 fully saturated rings. The van der Waals surface area contributed by atoms with Crippen LogP contribution in [-0.4, -0.2) is 34.0 Å². The fourth-order valence-electron chi connectivity index (χ4n) is 5.52. The summed E-state index contributed by atoms with van der Waals surface area (Å²) in [6.45, 7) is 4.23. The van der Waals surface area contributed by atoms with Crippen molar-refractivity contribution >= 4 is 34.7 Å². The van der Waals surface area contributed by atoms with Crippen molar-refractivity contribution in [3.8, 4) is 0 Å². The zero-order valence-corrected chi connectivity index (χ0v) is 26.4. The van der Waals surface area contributed by atoms with Crippen molar-refractivity contribution in [2.24, 2.45) is 10.2 Å². The number of hydrogen-bond donors (Lipinski definition) is 2. The Hall–Kier alpha value is -2.34. The molecule has 228 valence electrons. The quantitative estimate of drug-likeness (QED) is 0.0811. The van der Waals surface area contributed by atoms with E-state index < -0.39 is 0 Å².